The van der Waals surface area contributed by atoms with Crippen LogP contribution in [0.25, 0.3) is 0 Å². The molecule has 0 spiro atoms. The molecule has 0 aliphatic heterocycles. The van der Waals surface area contributed by atoms with Crippen LogP contribution in [-0.2, 0) is 0 Å². The smallest absolute Gasteiger partial charge is 0.269 e. The number of hydrogen-bond acceptors (Lipinski definition) is 3. The number of nitrogens with two attached hydrogens (primary N) is 1. The van der Waals surface area contributed by atoms with Crippen LogP contribution in [0.1, 0.15) is 18.0 Å². The first-order valence-corrected chi connectivity index (χ1v) is 4.36. The molecule has 1 aromatic carbocycles. The van der Waals surface area contributed by atoms with E-state index in [9.17, 15) is 14.5 Å². The molecule has 0 bridgehead atoms. The van der Waals surface area contributed by atoms with Crippen molar-refractivity contribution in [2.45, 2.75) is 12.5 Å². The van der Waals surface area contributed by atoms with Gasteiger partial charge in [0.1, 0.15) is 5.82 Å². The molecule has 0 fully saturated rings. The second-order valence-electron chi connectivity index (χ2n) is 3.09. The van der Waals surface area contributed by atoms with Crippen molar-refractivity contribution in [1.29, 1.82) is 0 Å². The summed E-state index contributed by atoms with van der Waals surface area (Å²) in [5.74, 6) is -0.532. The van der Waals surface area contributed by atoms with Gasteiger partial charge in [-0.3, -0.25) is 10.1 Å². The van der Waals surface area contributed by atoms with Crippen molar-refractivity contribution in [3.8, 4) is 0 Å². The summed E-state index contributed by atoms with van der Waals surface area (Å²) in [6, 6.07) is 2.72. The first-order chi connectivity index (χ1) is 7.06. The Labute approximate surface area is 98.5 Å². The zero-order valence-electron chi connectivity index (χ0n) is 8.43. The third kappa shape index (κ3) is 3.29. The summed E-state index contributed by atoms with van der Waals surface area (Å²) in [4.78, 5) is 9.89. The zero-order valence-corrected chi connectivity index (χ0v) is 9.24. The Balaban J connectivity index is 0.00000225. The fourth-order valence-corrected chi connectivity index (χ4v) is 1.24. The Bertz CT molecular complexity index is 398. The van der Waals surface area contributed by atoms with E-state index in [0.717, 1.165) is 18.2 Å². The molecule has 0 saturated heterocycles. The number of hydrogen-bond donors (Lipinski definition) is 1. The van der Waals surface area contributed by atoms with Gasteiger partial charge in [0, 0.05) is 23.7 Å². The van der Waals surface area contributed by atoms with Gasteiger partial charge >= 0.3 is 0 Å². The SMILES string of the molecule is C=CC[C@H](N)c1cc([N+](=O)[O-])ccc1F.Cl. The van der Waals surface area contributed by atoms with Gasteiger partial charge in [-0.15, -0.1) is 19.0 Å². The van der Waals surface area contributed by atoms with E-state index in [4.69, 9.17) is 5.73 Å². The van der Waals surface area contributed by atoms with E-state index in [0.29, 0.717) is 6.42 Å². The van der Waals surface area contributed by atoms with Crippen LogP contribution < -0.4 is 5.73 Å². The number of halogens is 2. The monoisotopic (exact) mass is 246 g/mol. The second kappa shape index (κ2) is 6.19. The van der Waals surface area contributed by atoms with Crippen molar-refractivity contribution in [3.05, 3.63) is 52.3 Å². The third-order valence-corrected chi connectivity index (χ3v) is 2.01. The highest BCUT2D eigenvalue weighted by Crippen LogP contribution is 2.23. The molecular formula is C10H12ClFN2O2. The fourth-order valence-electron chi connectivity index (χ4n) is 1.24. The maximum atomic E-state index is 13.3. The van der Waals surface area contributed by atoms with E-state index in [1.165, 1.54) is 0 Å². The number of non-ortho nitro benzene ring substituents is 1. The fraction of sp³-hybridized carbons (Fsp3) is 0.200. The van der Waals surface area contributed by atoms with Crippen LogP contribution >= 0.6 is 12.4 Å². The van der Waals surface area contributed by atoms with E-state index < -0.39 is 16.8 Å². The molecule has 1 rings (SSSR count). The number of nitrogens with zero attached hydrogens (tertiary/aromatic N) is 1. The molecule has 0 amide bonds. The summed E-state index contributed by atoms with van der Waals surface area (Å²) in [5.41, 5.74) is 5.62. The normalized spacial score (nSPS) is 11.4. The summed E-state index contributed by atoms with van der Waals surface area (Å²) in [7, 11) is 0. The van der Waals surface area contributed by atoms with Gasteiger partial charge in [0.2, 0.25) is 0 Å². The van der Waals surface area contributed by atoms with E-state index in [1.807, 2.05) is 0 Å². The summed E-state index contributed by atoms with van der Waals surface area (Å²) in [6.45, 7) is 3.48. The molecule has 0 aromatic heterocycles. The molecule has 1 atom stereocenters. The second-order valence-corrected chi connectivity index (χ2v) is 3.09. The van der Waals surface area contributed by atoms with Crippen molar-refractivity contribution in [2.24, 2.45) is 5.73 Å². The molecule has 4 nitrogen and oxygen atoms in total. The van der Waals surface area contributed by atoms with E-state index in [2.05, 4.69) is 6.58 Å². The van der Waals surface area contributed by atoms with Gasteiger partial charge < -0.3 is 5.73 Å². The third-order valence-electron chi connectivity index (χ3n) is 2.01. The molecule has 16 heavy (non-hydrogen) atoms. The Kier molecular flexibility index (Phi) is 5.63. The largest absolute Gasteiger partial charge is 0.324 e. The average molecular weight is 247 g/mol. The zero-order chi connectivity index (χ0) is 11.4. The van der Waals surface area contributed by atoms with E-state index in [-0.39, 0.29) is 23.7 Å². The maximum absolute atomic E-state index is 13.3. The van der Waals surface area contributed by atoms with E-state index >= 15 is 0 Å². The Morgan fingerprint density at radius 1 is 1.62 bits per heavy atom. The molecule has 0 aliphatic rings. The average Bonchev–Trinajstić information content (AvgIpc) is 2.18. The first kappa shape index (κ1) is 14.5. The van der Waals surface area contributed by atoms with Crippen LogP contribution in [0.2, 0.25) is 0 Å². The molecule has 2 N–H and O–H groups in total. The molecule has 0 radical (unpaired) electrons. The van der Waals surface area contributed by atoms with Gasteiger partial charge in [0.25, 0.3) is 5.69 Å². The summed E-state index contributed by atoms with van der Waals surface area (Å²) in [6.07, 6.45) is 1.92. The molecule has 6 heteroatoms. The Morgan fingerprint density at radius 3 is 2.75 bits per heavy atom. The van der Waals surface area contributed by atoms with Gasteiger partial charge in [0.05, 0.1) is 4.92 Å². The van der Waals surface area contributed by atoms with Crippen molar-refractivity contribution in [2.75, 3.05) is 0 Å². The van der Waals surface area contributed by atoms with Crippen LogP contribution in [0.5, 0.6) is 0 Å². The predicted molar refractivity (Wildman–Crippen MR) is 62.0 cm³/mol. The van der Waals surface area contributed by atoms with E-state index in [1.54, 1.807) is 6.08 Å². The highest BCUT2D eigenvalue weighted by atomic mass is 35.5. The quantitative estimate of drug-likeness (QED) is 0.505. The standard InChI is InChI=1S/C10H11FN2O2.ClH/c1-2-3-10(12)8-6-7(13(14)15)4-5-9(8)11;/h2,4-6,10H,1,3,12H2;1H/t10-;/m0./s1. The molecule has 0 unspecified atom stereocenters. The lowest BCUT2D eigenvalue weighted by molar-refractivity contribution is -0.385. The number of benzene rings is 1. The van der Waals surface area contributed by atoms with Gasteiger partial charge in [-0.25, -0.2) is 4.39 Å². The number of rotatable bonds is 4. The summed E-state index contributed by atoms with van der Waals surface area (Å²) in [5, 5.41) is 10.5. The van der Waals surface area contributed by atoms with Crippen LogP contribution in [-0.4, -0.2) is 4.92 Å². The summed E-state index contributed by atoms with van der Waals surface area (Å²) < 4.78 is 13.3. The van der Waals surface area contributed by atoms with Gasteiger partial charge in [0.15, 0.2) is 0 Å². The lowest BCUT2D eigenvalue weighted by Crippen LogP contribution is -2.11. The molecule has 0 aliphatic carbocycles. The van der Waals surface area contributed by atoms with Crippen molar-refractivity contribution < 1.29 is 9.31 Å². The Hall–Kier alpha value is -1.46. The predicted octanol–water partition coefficient (Wildman–Crippen LogP) is 2.73. The lowest BCUT2D eigenvalue weighted by atomic mass is 10.0. The summed E-state index contributed by atoms with van der Waals surface area (Å²) >= 11 is 0. The Morgan fingerprint density at radius 2 is 2.25 bits per heavy atom. The molecule has 0 heterocycles. The van der Waals surface area contributed by atoms with Crippen LogP contribution in [0.15, 0.2) is 30.9 Å². The molecule has 88 valence electrons. The van der Waals surface area contributed by atoms with Crippen molar-refractivity contribution >= 4 is 18.1 Å². The molecule has 1 aromatic rings. The van der Waals surface area contributed by atoms with Gasteiger partial charge in [-0.05, 0) is 12.5 Å². The van der Waals surface area contributed by atoms with Gasteiger partial charge in [-0.2, -0.15) is 0 Å². The topological polar surface area (TPSA) is 69.2 Å². The molecule has 0 saturated carbocycles. The minimum atomic E-state index is -0.595. The minimum absolute atomic E-state index is 0. The van der Waals surface area contributed by atoms with Crippen molar-refractivity contribution in [3.63, 3.8) is 0 Å². The first-order valence-electron chi connectivity index (χ1n) is 4.36. The number of nitro benzene ring substituents is 1. The minimum Gasteiger partial charge on any atom is -0.324 e. The molecular weight excluding hydrogens is 235 g/mol. The highest BCUT2D eigenvalue weighted by molar-refractivity contribution is 5.85. The van der Waals surface area contributed by atoms with Gasteiger partial charge in [-0.1, -0.05) is 6.08 Å². The highest BCUT2D eigenvalue weighted by Gasteiger charge is 2.15. The van der Waals surface area contributed by atoms with Crippen molar-refractivity contribution in [1.82, 2.24) is 0 Å². The lowest BCUT2D eigenvalue weighted by Gasteiger charge is -2.09. The van der Waals surface area contributed by atoms with Crippen LogP contribution in [0, 0.1) is 15.9 Å². The maximum Gasteiger partial charge on any atom is 0.269 e. The number of nitro groups is 1. The van der Waals surface area contributed by atoms with Crippen LogP contribution in [0.3, 0.4) is 0 Å². The van der Waals surface area contributed by atoms with Crippen LogP contribution in [0.4, 0.5) is 10.1 Å².